The Kier molecular flexibility index (Phi) is 6.37. The first-order chi connectivity index (χ1) is 12.9. The molecule has 27 heavy (non-hydrogen) atoms. The fourth-order valence-electron chi connectivity index (χ4n) is 3.64. The first-order valence-corrected chi connectivity index (χ1v) is 9.54. The molecule has 4 atom stereocenters. The lowest BCUT2D eigenvalue weighted by atomic mass is 10.1. The molecule has 2 aliphatic heterocycles. The number of benzene rings is 1. The number of amides is 2. The second-order valence-electron chi connectivity index (χ2n) is 7.36. The monoisotopic (exact) mass is 378 g/mol. The van der Waals surface area contributed by atoms with Crippen LogP contribution in [0.2, 0.25) is 0 Å². The van der Waals surface area contributed by atoms with Gasteiger partial charge >= 0.3 is 6.03 Å². The zero-order valence-corrected chi connectivity index (χ0v) is 16.5. The lowest BCUT2D eigenvalue weighted by Crippen LogP contribution is -2.48. The third-order valence-corrected chi connectivity index (χ3v) is 4.89. The Hall–Kier alpha value is -1.67. The van der Waals surface area contributed by atoms with Crippen molar-refractivity contribution >= 4 is 6.03 Å². The average molecular weight is 378 g/mol. The van der Waals surface area contributed by atoms with Crippen molar-refractivity contribution in [3.63, 3.8) is 0 Å². The lowest BCUT2D eigenvalue weighted by Gasteiger charge is -2.30. The van der Waals surface area contributed by atoms with Gasteiger partial charge in [-0.1, -0.05) is 30.3 Å². The number of fused-ring (bicyclic) bond motifs is 1. The summed E-state index contributed by atoms with van der Waals surface area (Å²) in [5.41, 5.74) is 1.19. The number of ether oxygens (including phenoxy) is 4. The van der Waals surface area contributed by atoms with Gasteiger partial charge in [0.1, 0.15) is 18.3 Å². The van der Waals surface area contributed by atoms with E-state index in [9.17, 15) is 4.79 Å². The number of methoxy groups -OCH3 is 1. The zero-order valence-electron chi connectivity index (χ0n) is 16.5. The van der Waals surface area contributed by atoms with Crippen molar-refractivity contribution in [2.45, 2.75) is 57.6 Å². The maximum atomic E-state index is 12.6. The fraction of sp³-hybridized carbons (Fsp3) is 0.650. The van der Waals surface area contributed by atoms with Crippen LogP contribution in [0.25, 0.3) is 0 Å². The molecule has 2 fully saturated rings. The van der Waals surface area contributed by atoms with Gasteiger partial charge in [0.2, 0.25) is 0 Å². The van der Waals surface area contributed by atoms with E-state index in [0.29, 0.717) is 19.6 Å². The average Bonchev–Trinajstić information content (AvgIpc) is 3.10. The molecule has 2 amide bonds. The molecule has 0 spiro atoms. The van der Waals surface area contributed by atoms with E-state index < -0.39 is 12.1 Å². The van der Waals surface area contributed by atoms with Crippen molar-refractivity contribution in [2.75, 3.05) is 26.7 Å². The number of hydrogen-bond donors (Lipinski definition) is 1. The van der Waals surface area contributed by atoms with E-state index in [2.05, 4.69) is 17.4 Å². The molecule has 150 valence electrons. The molecule has 1 N–H and O–H groups in total. The quantitative estimate of drug-likeness (QED) is 0.787. The zero-order chi connectivity index (χ0) is 19.4. The van der Waals surface area contributed by atoms with Gasteiger partial charge in [-0.2, -0.15) is 0 Å². The molecule has 2 saturated heterocycles. The SMILES string of the molecule is CCNC(=O)N(CCc1ccccc1)C[C@H]1O[C@@H]2OC(C)(C)O[C@@H]2[C@H]1OC. The molecule has 0 aliphatic carbocycles. The van der Waals surface area contributed by atoms with Crippen molar-refractivity contribution in [1.29, 1.82) is 0 Å². The predicted octanol–water partition coefficient (Wildman–Crippen LogP) is 2.15. The minimum absolute atomic E-state index is 0.105. The third kappa shape index (κ3) is 4.79. The third-order valence-electron chi connectivity index (χ3n) is 4.89. The van der Waals surface area contributed by atoms with Crippen LogP contribution in [0.1, 0.15) is 26.3 Å². The van der Waals surface area contributed by atoms with Crippen LogP contribution in [-0.4, -0.2) is 68.1 Å². The highest BCUT2D eigenvalue weighted by Crippen LogP contribution is 2.38. The summed E-state index contributed by atoms with van der Waals surface area (Å²) in [5, 5.41) is 2.88. The van der Waals surface area contributed by atoms with E-state index in [4.69, 9.17) is 18.9 Å². The van der Waals surface area contributed by atoms with Crippen molar-refractivity contribution in [3.8, 4) is 0 Å². The van der Waals surface area contributed by atoms with Crippen LogP contribution >= 0.6 is 0 Å². The highest BCUT2D eigenvalue weighted by molar-refractivity contribution is 5.74. The number of carbonyl (C=O) groups is 1. The van der Waals surface area contributed by atoms with E-state index in [1.54, 1.807) is 12.0 Å². The Bertz CT molecular complexity index is 624. The minimum atomic E-state index is -0.691. The fourth-order valence-corrected chi connectivity index (χ4v) is 3.64. The summed E-state index contributed by atoms with van der Waals surface area (Å²) in [6.45, 7) is 7.21. The van der Waals surface area contributed by atoms with Crippen molar-refractivity contribution in [3.05, 3.63) is 35.9 Å². The van der Waals surface area contributed by atoms with Gasteiger partial charge in [-0.3, -0.25) is 0 Å². The van der Waals surface area contributed by atoms with Crippen LogP contribution in [0.15, 0.2) is 30.3 Å². The molecule has 1 aromatic carbocycles. The van der Waals surface area contributed by atoms with Crippen LogP contribution in [0.5, 0.6) is 0 Å². The normalized spacial score (nSPS) is 28.7. The molecule has 0 unspecified atom stereocenters. The minimum Gasteiger partial charge on any atom is -0.376 e. The Morgan fingerprint density at radius 1 is 1.26 bits per heavy atom. The number of nitrogens with one attached hydrogen (secondary N) is 1. The Morgan fingerprint density at radius 2 is 2.00 bits per heavy atom. The number of hydrogen-bond acceptors (Lipinski definition) is 5. The van der Waals surface area contributed by atoms with Gasteiger partial charge < -0.3 is 29.2 Å². The van der Waals surface area contributed by atoms with Crippen LogP contribution in [0.4, 0.5) is 4.79 Å². The van der Waals surface area contributed by atoms with Crippen LogP contribution in [0, 0.1) is 0 Å². The van der Waals surface area contributed by atoms with Gasteiger partial charge in [0.25, 0.3) is 0 Å². The molecule has 2 aliphatic rings. The van der Waals surface area contributed by atoms with E-state index >= 15 is 0 Å². The second-order valence-corrected chi connectivity index (χ2v) is 7.36. The molecule has 2 heterocycles. The first-order valence-electron chi connectivity index (χ1n) is 9.54. The standard InChI is InChI=1S/C20H30N2O5/c1-5-21-19(23)22(12-11-14-9-7-6-8-10-14)13-15-16(24-4)17-18(25-15)27-20(2,3)26-17/h6-10,15-18H,5,11-13H2,1-4H3,(H,21,23)/t15-,16+,17-,18-/m1/s1. The van der Waals surface area contributed by atoms with E-state index in [1.807, 2.05) is 39.0 Å². The van der Waals surface area contributed by atoms with Gasteiger partial charge in [-0.15, -0.1) is 0 Å². The van der Waals surface area contributed by atoms with Crippen LogP contribution in [-0.2, 0) is 25.4 Å². The van der Waals surface area contributed by atoms with E-state index in [-0.39, 0.29) is 24.3 Å². The molecular formula is C20H30N2O5. The largest absolute Gasteiger partial charge is 0.376 e. The van der Waals surface area contributed by atoms with Gasteiger partial charge in [-0.05, 0) is 32.8 Å². The maximum absolute atomic E-state index is 12.6. The summed E-state index contributed by atoms with van der Waals surface area (Å²) in [7, 11) is 1.64. The molecule has 0 saturated carbocycles. The number of carbonyl (C=O) groups excluding carboxylic acids is 1. The summed E-state index contributed by atoms with van der Waals surface area (Å²) in [6, 6.07) is 10.0. The number of urea groups is 1. The molecule has 0 bridgehead atoms. The van der Waals surface area contributed by atoms with Crippen LogP contribution in [0.3, 0.4) is 0 Å². The van der Waals surface area contributed by atoms with Gasteiger partial charge in [0.15, 0.2) is 12.1 Å². The summed E-state index contributed by atoms with van der Waals surface area (Å²) in [6.07, 6.45) is -0.583. The molecule has 3 rings (SSSR count). The smallest absolute Gasteiger partial charge is 0.317 e. The van der Waals surface area contributed by atoms with E-state index in [1.165, 1.54) is 5.56 Å². The highest BCUT2D eigenvalue weighted by atomic mass is 16.8. The Labute approximate surface area is 160 Å². The summed E-state index contributed by atoms with van der Waals surface area (Å²) >= 11 is 0. The maximum Gasteiger partial charge on any atom is 0.317 e. The van der Waals surface area contributed by atoms with Gasteiger partial charge in [0.05, 0.1) is 6.54 Å². The molecule has 0 aromatic heterocycles. The Balaban J connectivity index is 1.65. The van der Waals surface area contributed by atoms with Crippen molar-refractivity contribution < 1.29 is 23.7 Å². The van der Waals surface area contributed by atoms with Crippen LogP contribution < -0.4 is 5.32 Å². The number of rotatable bonds is 7. The Morgan fingerprint density at radius 3 is 2.67 bits per heavy atom. The predicted molar refractivity (Wildman–Crippen MR) is 100 cm³/mol. The second kappa shape index (κ2) is 8.56. The molecule has 7 heteroatoms. The lowest BCUT2D eigenvalue weighted by molar-refractivity contribution is -0.217. The van der Waals surface area contributed by atoms with Gasteiger partial charge in [0, 0.05) is 20.2 Å². The molecule has 7 nitrogen and oxygen atoms in total. The number of nitrogens with zero attached hydrogens (tertiary/aromatic N) is 1. The molecule has 1 aromatic rings. The molecule has 0 radical (unpaired) electrons. The first kappa shape index (κ1) is 20.1. The highest BCUT2D eigenvalue weighted by Gasteiger charge is 2.55. The summed E-state index contributed by atoms with van der Waals surface area (Å²) < 4.78 is 23.4. The summed E-state index contributed by atoms with van der Waals surface area (Å²) in [5.74, 6) is -0.691. The van der Waals surface area contributed by atoms with Gasteiger partial charge in [-0.25, -0.2) is 4.79 Å². The molecular weight excluding hydrogens is 348 g/mol. The van der Waals surface area contributed by atoms with Crippen molar-refractivity contribution in [1.82, 2.24) is 10.2 Å². The van der Waals surface area contributed by atoms with E-state index in [0.717, 1.165) is 6.42 Å². The summed E-state index contributed by atoms with van der Waals surface area (Å²) in [4.78, 5) is 14.3. The van der Waals surface area contributed by atoms with Crippen molar-refractivity contribution in [2.24, 2.45) is 0 Å². The topological polar surface area (TPSA) is 69.3 Å².